The minimum absolute atomic E-state index is 0.122. The number of thiophene rings is 1. The summed E-state index contributed by atoms with van der Waals surface area (Å²) in [7, 11) is 0. The second-order valence-electron chi connectivity index (χ2n) is 5.43. The molecule has 22 heavy (non-hydrogen) atoms. The SMILES string of the molecule is CCOC(=O)c1sc(N)c(C#N)c1CN1C[C@@H](C)O[C@@H](C)C1. The summed E-state index contributed by atoms with van der Waals surface area (Å²) >= 11 is 1.13. The maximum absolute atomic E-state index is 12.1. The van der Waals surface area contributed by atoms with E-state index in [-0.39, 0.29) is 12.2 Å². The monoisotopic (exact) mass is 323 g/mol. The topological polar surface area (TPSA) is 88.6 Å². The number of nitrogen functional groups attached to an aromatic ring is 1. The lowest BCUT2D eigenvalue weighted by molar-refractivity contribution is -0.0705. The van der Waals surface area contributed by atoms with Crippen LogP contribution in [0.2, 0.25) is 0 Å². The number of hydrogen-bond acceptors (Lipinski definition) is 7. The summed E-state index contributed by atoms with van der Waals surface area (Å²) in [6.45, 7) is 8.10. The second-order valence-corrected chi connectivity index (χ2v) is 6.48. The molecule has 0 radical (unpaired) electrons. The van der Waals surface area contributed by atoms with Crippen LogP contribution in [0.4, 0.5) is 5.00 Å². The molecular formula is C15H21N3O3S. The smallest absolute Gasteiger partial charge is 0.348 e. The number of esters is 1. The zero-order chi connectivity index (χ0) is 16.3. The lowest BCUT2D eigenvalue weighted by atomic mass is 10.1. The van der Waals surface area contributed by atoms with E-state index in [0.717, 1.165) is 24.4 Å². The van der Waals surface area contributed by atoms with Crippen LogP contribution in [-0.4, -0.2) is 42.8 Å². The molecule has 1 saturated heterocycles. The Bertz CT molecular complexity index is 584. The average Bonchev–Trinajstić information content (AvgIpc) is 2.74. The standard InChI is InChI=1S/C15H21N3O3S/c1-4-20-15(19)13-12(11(5-16)14(17)22-13)8-18-6-9(2)21-10(3)7-18/h9-10H,4,6-8,17H2,1-3H3/t9-,10+. The van der Waals surface area contributed by atoms with Crippen LogP contribution in [0.25, 0.3) is 0 Å². The third-order valence-corrected chi connectivity index (χ3v) is 4.53. The van der Waals surface area contributed by atoms with Gasteiger partial charge in [0, 0.05) is 25.2 Å². The van der Waals surface area contributed by atoms with E-state index in [0.29, 0.717) is 34.2 Å². The van der Waals surface area contributed by atoms with Gasteiger partial charge in [0.15, 0.2) is 0 Å². The van der Waals surface area contributed by atoms with Crippen LogP contribution in [0, 0.1) is 11.3 Å². The number of nitrogens with zero attached hydrogens (tertiary/aromatic N) is 2. The Kier molecular flexibility index (Phi) is 5.40. The maximum atomic E-state index is 12.1. The van der Waals surface area contributed by atoms with E-state index in [9.17, 15) is 10.1 Å². The highest BCUT2D eigenvalue weighted by Crippen LogP contribution is 2.32. The van der Waals surface area contributed by atoms with Gasteiger partial charge in [-0.15, -0.1) is 11.3 Å². The predicted octanol–water partition coefficient (Wildman–Crippen LogP) is 1.99. The van der Waals surface area contributed by atoms with Gasteiger partial charge in [0.25, 0.3) is 0 Å². The van der Waals surface area contributed by atoms with Crippen molar-refractivity contribution in [3.8, 4) is 6.07 Å². The van der Waals surface area contributed by atoms with Crippen molar-refractivity contribution in [1.82, 2.24) is 4.90 Å². The summed E-state index contributed by atoms with van der Waals surface area (Å²) < 4.78 is 10.8. The van der Waals surface area contributed by atoms with Gasteiger partial charge in [-0.25, -0.2) is 4.79 Å². The quantitative estimate of drug-likeness (QED) is 0.852. The Morgan fingerprint density at radius 2 is 2.14 bits per heavy atom. The van der Waals surface area contributed by atoms with Crippen LogP contribution in [-0.2, 0) is 16.0 Å². The number of nitriles is 1. The predicted molar refractivity (Wildman–Crippen MR) is 84.7 cm³/mol. The molecule has 0 amide bonds. The van der Waals surface area contributed by atoms with Gasteiger partial charge >= 0.3 is 5.97 Å². The third kappa shape index (κ3) is 3.58. The molecule has 0 aliphatic carbocycles. The highest BCUT2D eigenvalue weighted by molar-refractivity contribution is 7.18. The Labute approximate surface area is 134 Å². The first-order valence-electron chi connectivity index (χ1n) is 7.32. The van der Waals surface area contributed by atoms with Gasteiger partial charge in [-0.05, 0) is 20.8 Å². The fourth-order valence-corrected chi connectivity index (χ4v) is 3.68. The second kappa shape index (κ2) is 7.09. The highest BCUT2D eigenvalue weighted by atomic mass is 32.1. The molecule has 2 rings (SSSR count). The Morgan fingerprint density at radius 3 is 2.68 bits per heavy atom. The van der Waals surface area contributed by atoms with Gasteiger partial charge in [0.2, 0.25) is 0 Å². The maximum Gasteiger partial charge on any atom is 0.348 e. The van der Waals surface area contributed by atoms with Gasteiger partial charge in [0.1, 0.15) is 15.9 Å². The molecule has 0 spiro atoms. The van der Waals surface area contributed by atoms with Gasteiger partial charge in [-0.2, -0.15) is 5.26 Å². The first-order valence-corrected chi connectivity index (χ1v) is 8.14. The molecule has 1 aliphatic heterocycles. The molecule has 2 N–H and O–H groups in total. The summed E-state index contributed by atoms with van der Waals surface area (Å²) in [5.74, 6) is -0.412. The molecule has 1 fully saturated rings. The fraction of sp³-hybridized carbons (Fsp3) is 0.600. The molecule has 0 bridgehead atoms. The molecule has 2 atom stereocenters. The van der Waals surface area contributed by atoms with E-state index >= 15 is 0 Å². The van der Waals surface area contributed by atoms with Crippen molar-refractivity contribution in [1.29, 1.82) is 5.26 Å². The minimum Gasteiger partial charge on any atom is -0.462 e. The summed E-state index contributed by atoms with van der Waals surface area (Å²) in [5, 5.41) is 9.71. The third-order valence-electron chi connectivity index (χ3n) is 3.48. The number of hydrogen-bond donors (Lipinski definition) is 1. The molecule has 1 aromatic rings. The zero-order valence-corrected chi connectivity index (χ0v) is 13.9. The van der Waals surface area contributed by atoms with E-state index in [2.05, 4.69) is 11.0 Å². The molecule has 7 heteroatoms. The van der Waals surface area contributed by atoms with E-state index in [4.69, 9.17) is 15.2 Å². The van der Waals surface area contributed by atoms with Crippen molar-refractivity contribution in [2.45, 2.75) is 39.5 Å². The molecule has 1 aromatic heterocycles. The molecule has 0 saturated carbocycles. The summed E-state index contributed by atoms with van der Waals surface area (Å²) in [6.07, 6.45) is 0.243. The number of carbonyl (C=O) groups excluding carboxylic acids is 1. The Hall–Kier alpha value is -1.62. The van der Waals surface area contributed by atoms with Crippen LogP contribution < -0.4 is 5.73 Å². The van der Waals surface area contributed by atoms with Crippen LogP contribution in [0.5, 0.6) is 0 Å². The van der Waals surface area contributed by atoms with Crippen molar-refractivity contribution in [3.63, 3.8) is 0 Å². The zero-order valence-electron chi connectivity index (χ0n) is 13.1. The fourth-order valence-electron chi connectivity index (χ4n) is 2.76. The van der Waals surface area contributed by atoms with E-state index in [1.54, 1.807) is 6.92 Å². The first-order chi connectivity index (χ1) is 10.5. The lowest BCUT2D eigenvalue weighted by Crippen LogP contribution is -2.45. The van der Waals surface area contributed by atoms with Crippen molar-refractivity contribution in [2.75, 3.05) is 25.4 Å². The van der Waals surface area contributed by atoms with Crippen molar-refractivity contribution >= 4 is 22.3 Å². The number of morpholine rings is 1. The number of rotatable bonds is 4. The Morgan fingerprint density at radius 1 is 1.50 bits per heavy atom. The highest BCUT2D eigenvalue weighted by Gasteiger charge is 2.28. The average molecular weight is 323 g/mol. The largest absolute Gasteiger partial charge is 0.462 e. The van der Waals surface area contributed by atoms with Gasteiger partial charge < -0.3 is 15.2 Å². The molecule has 0 aromatic carbocycles. The lowest BCUT2D eigenvalue weighted by Gasteiger charge is -2.35. The summed E-state index contributed by atoms with van der Waals surface area (Å²) in [5.41, 5.74) is 6.95. The van der Waals surface area contributed by atoms with Crippen LogP contribution in [0.15, 0.2) is 0 Å². The number of nitrogens with two attached hydrogens (primary N) is 1. The minimum atomic E-state index is -0.412. The molecule has 2 heterocycles. The van der Waals surface area contributed by atoms with Crippen LogP contribution in [0.3, 0.4) is 0 Å². The van der Waals surface area contributed by atoms with Crippen LogP contribution in [0.1, 0.15) is 41.6 Å². The van der Waals surface area contributed by atoms with Crippen molar-refractivity contribution < 1.29 is 14.3 Å². The van der Waals surface area contributed by atoms with Gasteiger partial charge in [-0.1, -0.05) is 0 Å². The number of ether oxygens (including phenoxy) is 2. The normalized spacial score (nSPS) is 22.3. The first kappa shape index (κ1) is 16.7. The molecule has 120 valence electrons. The molecular weight excluding hydrogens is 302 g/mol. The van der Waals surface area contributed by atoms with Gasteiger partial charge in [-0.3, -0.25) is 4.90 Å². The van der Waals surface area contributed by atoms with Crippen molar-refractivity contribution in [3.05, 3.63) is 16.0 Å². The molecule has 0 unspecified atom stereocenters. The number of anilines is 1. The number of carbonyl (C=O) groups is 1. The van der Waals surface area contributed by atoms with E-state index in [1.807, 2.05) is 13.8 Å². The Balaban J connectivity index is 2.28. The van der Waals surface area contributed by atoms with Crippen molar-refractivity contribution in [2.24, 2.45) is 0 Å². The molecule has 6 nitrogen and oxygen atoms in total. The molecule has 1 aliphatic rings. The summed E-state index contributed by atoms with van der Waals surface area (Å²) in [6, 6.07) is 2.11. The van der Waals surface area contributed by atoms with E-state index < -0.39 is 5.97 Å². The van der Waals surface area contributed by atoms with Crippen LogP contribution >= 0.6 is 11.3 Å². The van der Waals surface area contributed by atoms with Gasteiger partial charge in [0.05, 0.1) is 24.4 Å². The van der Waals surface area contributed by atoms with E-state index in [1.165, 1.54) is 0 Å². The summed E-state index contributed by atoms with van der Waals surface area (Å²) in [4.78, 5) is 14.7.